The Hall–Kier alpha value is -0.590. The number of rotatable bonds is 3. The molecule has 1 aromatic carbocycles. The van der Waals surface area contributed by atoms with E-state index < -0.39 is 10.0 Å². The Morgan fingerprint density at radius 1 is 1.24 bits per heavy atom. The fraction of sp³-hybridized carbons (Fsp3) is 0.600. The first-order valence-corrected chi connectivity index (χ1v) is 9.62. The van der Waals surface area contributed by atoms with E-state index >= 15 is 0 Å². The lowest BCUT2D eigenvalue weighted by Gasteiger charge is -2.36. The molecule has 6 heteroatoms. The van der Waals surface area contributed by atoms with E-state index in [-0.39, 0.29) is 6.04 Å². The number of nitrogens with zero attached hydrogens (tertiary/aromatic N) is 1. The standard InChI is InChI=1S/C15H20BrNO3S/c1-20-15-8-7-12(10-13(15)16)21(18,19)17-9-3-5-11-4-2-6-14(11)17/h7-8,10-11,14H,2-6,9H2,1H3. The van der Waals surface area contributed by atoms with E-state index in [0.29, 0.717) is 27.6 Å². The summed E-state index contributed by atoms with van der Waals surface area (Å²) in [5, 5.41) is 0. The van der Waals surface area contributed by atoms with Gasteiger partial charge in [0.25, 0.3) is 0 Å². The van der Waals surface area contributed by atoms with Crippen LogP contribution in [-0.4, -0.2) is 32.4 Å². The van der Waals surface area contributed by atoms with Gasteiger partial charge in [-0.3, -0.25) is 0 Å². The van der Waals surface area contributed by atoms with Crippen LogP contribution in [0.15, 0.2) is 27.6 Å². The molecule has 3 rings (SSSR count). The SMILES string of the molecule is COc1ccc(S(=O)(=O)N2CCCC3CCCC32)cc1Br. The number of hydrogen-bond donors (Lipinski definition) is 0. The number of fused-ring (bicyclic) bond motifs is 1. The third kappa shape index (κ3) is 2.73. The molecule has 0 bridgehead atoms. The topological polar surface area (TPSA) is 46.6 Å². The Morgan fingerprint density at radius 3 is 2.71 bits per heavy atom. The van der Waals surface area contributed by atoms with Gasteiger partial charge in [0.15, 0.2) is 0 Å². The lowest BCUT2D eigenvalue weighted by Crippen LogP contribution is -2.46. The van der Waals surface area contributed by atoms with Crippen LogP contribution in [0.3, 0.4) is 0 Å². The fourth-order valence-corrected chi connectivity index (χ4v) is 6.12. The van der Waals surface area contributed by atoms with Crippen molar-refractivity contribution in [3.8, 4) is 5.75 Å². The van der Waals surface area contributed by atoms with Crippen molar-refractivity contribution in [2.75, 3.05) is 13.7 Å². The third-order valence-electron chi connectivity index (χ3n) is 4.67. The molecule has 2 unspecified atom stereocenters. The number of piperidine rings is 1. The van der Waals surface area contributed by atoms with Crippen molar-refractivity contribution in [2.24, 2.45) is 5.92 Å². The molecule has 0 spiro atoms. The van der Waals surface area contributed by atoms with Gasteiger partial charge in [-0.2, -0.15) is 4.31 Å². The van der Waals surface area contributed by atoms with E-state index in [1.54, 1.807) is 29.6 Å². The van der Waals surface area contributed by atoms with E-state index in [0.717, 1.165) is 19.3 Å². The Bertz CT molecular complexity index is 632. The summed E-state index contributed by atoms with van der Waals surface area (Å²) in [5.41, 5.74) is 0. The van der Waals surface area contributed by atoms with Gasteiger partial charge >= 0.3 is 0 Å². The zero-order chi connectivity index (χ0) is 15.0. The second-order valence-corrected chi connectivity index (χ2v) is 8.56. The molecular weight excluding hydrogens is 354 g/mol. The Morgan fingerprint density at radius 2 is 2.00 bits per heavy atom. The molecule has 1 aromatic rings. The molecule has 1 saturated heterocycles. The van der Waals surface area contributed by atoms with Crippen LogP contribution in [0, 0.1) is 5.92 Å². The molecule has 1 aliphatic carbocycles. The van der Waals surface area contributed by atoms with Crippen molar-refractivity contribution < 1.29 is 13.2 Å². The van der Waals surface area contributed by atoms with Crippen molar-refractivity contribution in [1.82, 2.24) is 4.31 Å². The number of hydrogen-bond acceptors (Lipinski definition) is 3. The highest BCUT2D eigenvalue weighted by atomic mass is 79.9. The molecule has 1 aliphatic heterocycles. The lowest BCUT2D eigenvalue weighted by molar-refractivity contribution is 0.202. The van der Waals surface area contributed by atoms with Gasteiger partial charge in [-0.1, -0.05) is 6.42 Å². The van der Waals surface area contributed by atoms with Crippen LogP contribution in [0.25, 0.3) is 0 Å². The zero-order valence-corrected chi connectivity index (χ0v) is 14.5. The van der Waals surface area contributed by atoms with E-state index in [1.165, 1.54) is 12.8 Å². The Kier molecular flexibility index (Phi) is 4.30. The van der Waals surface area contributed by atoms with Crippen LogP contribution in [0.4, 0.5) is 0 Å². The predicted octanol–water partition coefficient (Wildman–Crippen LogP) is 3.41. The monoisotopic (exact) mass is 373 g/mol. The number of benzene rings is 1. The molecule has 4 nitrogen and oxygen atoms in total. The van der Waals surface area contributed by atoms with E-state index in [2.05, 4.69) is 15.9 Å². The quantitative estimate of drug-likeness (QED) is 0.815. The minimum absolute atomic E-state index is 0.199. The van der Waals surface area contributed by atoms with Gasteiger partial charge in [0.1, 0.15) is 5.75 Å². The average Bonchev–Trinajstić information content (AvgIpc) is 2.95. The highest BCUT2D eigenvalue weighted by Crippen LogP contribution is 2.40. The summed E-state index contributed by atoms with van der Waals surface area (Å²) in [6, 6.07) is 5.18. The highest BCUT2D eigenvalue weighted by Gasteiger charge is 2.41. The van der Waals surface area contributed by atoms with Crippen LogP contribution < -0.4 is 4.74 Å². The average molecular weight is 374 g/mol. The van der Waals surface area contributed by atoms with Crippen molar-refractivity contribution in [2.45, 2.75) is 43.0 Å². The van der Waals surface area contributed by atoms with E-state index in [1.807, 2.05) is 0 Å². The largest absolute Gasteiger partial charge is 0.496 e. The molecule has 2 aliphatic rings. The van der Waals surface area contributed by atoms with Crippen molar-refractivity contribution in [1.29, 1.82) is 0 Å². The maximum Gasteiger partial charge on any atom is 0.243 e. The molecule has 21 heavy (non-hydrogen) atoms. The fourth-order valence-electron chi connectivity index (χ4n) is 3.65. The van der Waals surface area contributed by atoms with Gasteiger partial charge in [0, 0.05) is 12.6 Å². The molecule has 2 atom stereocenters. The minimum Gasteiger partial charge on any atom is -0.496 e. The molecule has 1 saturated carbocycles. The normalized spacial score (nSPS) is 26.6. The summed E-state index contributed by atoms with van der Waals surface area (Å²) in [6.45, 7) is 0.646. The second kappa shape index (κ2) is 5.89. The van der Waals surface area contributed by atoms with Gasteiger partial charge in [-0.25, -0.2) is 8.42 Å². The summed E-state index contributed by atoms with van der Waals surface area (Å²) in [6.07, 6.45) is 5.46. The minimum atomic E-state index is -3.42. The molecule has 0 radical (unpaired) electrons. The van der Waals surface area contributed by atoms with Crippen molar-refractivity contribution >= 4 is 26.0 Å². The van der Waals surface area contributed by atoms with Gasteiger partial charge in [-0.15, -0.1) is 0 Å². The van der Waals surface area contributed by atoms with Crippen LogP contribution in [-0.2, 0) is 10.0 Å². The number of halogens is 1. The molecule has 1 heterocycles. The van der Waals surface area contributed by atoms with Gasteiger partial charge < -0.3 is 4.74 Å². The number of ether oxygens (including phenoxy) is 1. The van der Waals surface area contributed by atoms with E-state index in [9.17, 15) is 8.42 Å². The molecule has 2 fully saturated rings. The second-order valence-electron chi connectivity index (χ2n) is 5.81. The van der Waals surface area contributed by atoms with Crippen molar-refractivity contribution in [3.05, 3.63) is 22.7 Å². The summed E-state index contributed by atoms with van der Waals surface area (Å²) < 4.78 is 33.5. The maximum absolute atomic E-state index is 12.9. The van der Waals surface area contributed by atoms with Crippen LogP contribution in [0.5, 0.6) is 5.75 Å². The van der Waals surface area contributed by atoms with E-state index in [4.69, 9.17) is 4.74 Å². The third-order valence-corrected chi connectivity index (χ3v) is 7.21. The summed E-state index contributed by atoms with van der Waals surface area (Å²) >= 11 is 3.37. The van der Waals surface area contributed by atoms with Crippen LogP contribution in [0.1, 0.15) is 32.1 Å². The van der Waals surface area contributed by atoms with Crippen LogP contribution in [0.2, 0.25) is 0 Å². The molecular formula is C15H20BrNO3S. The first-order valence-electron chi connectivity index (χ1n) is 7.39. The number of sulfonamides is 1. The summed E-state index contributed by atoms with van der Waals surface area (Å²) in [5.74, 6) is 1.20. The summed E-state index contributed by atoms with van der Waals surface area (Å²) in [7, 11) is -1.84. The molecule has 116 valence electrons. The predicted molar refractivity (Wildman–Crippen MR) is 84.9 cm³/mol. The Labute approximate surface area is 134 Å². The lowest BCUT2D eigenvalue weighted by atomic mass is 9.94. The zero-order valence-electron chi connectivity index (χ0n) is 12.1. The molecule has 0 amide bonds. The highest BCUT2D eigenvalue weighted by molar-refractivity contribution is 9.10. The van der Waals surface area contributed by atoms with Crippen LogP contribution >= 0.6 is 15.9 Å². The van der Waals surface area contributed by atoms with Gasteiger partial charge in [0.05, 0.1) is 16.5 Å². The summed E-state index contributed by atoms with van der Waals surface area (Å²) in [4.78, 5) is 0.350. The molecule has 0 N–H and O–H groups in total. The first kappa shape index (κ1) is 15.3. The number of methoxy groups -OCH3 is 1. The van der Waals surface area contributed by atoms with Gasteiger partial charge in [-0.05, 0) is 65.7 Å². The first-order chi connectivity index (χ1) is 10.0. The van der Waals surface area contributed by atoms with Crippen molar-refractivity contribution in [3.63, 3.8) is 0 Å². The Balaban J connectivity index is 1.94. The smallest absolute Gasteiger partial charge is 0.243 e. The maximum atomic E-state index is 12.9. The molecule has 0 aromatic heterocycles. The van der Waals surface area contributed by atoms with Gasteiger partial charge in [0.2, 0.25) is 10.0 Å².